The number of piperidine rings is 1. The van der Waals surface area contributed by atoms with Crippen molar-refractivity contribution in [2.45, 2.75) is 44.4 Å². The Balaban J connectivity index is 1.23. The zero-order valence-corrected chi connectivity index (χ0v) is 16.1. The van der Waals surface area contributed by atoms with Crippen LogP contribution in [0, 0.1) is 5.92 Å². The number of hydrogen-bond donors (Lipinski definition) is 0. The lowest BCUT2D eigenvalue weighted by Gasteiger charge is -2.42. The molecule has 2 aromatic heterocycles. The van der Waals surface area contributed by atoms with E-state index in [9.17, 15) is 0 Å². The average Bonchev–Trinajstić information content (AvgIpc) is 3.32. The van der Waals surface area contributed by atoms with Gasteiger partial charge >= 0.3 is 0 Å². The molecule has 0 bridgehead atoms. The third-order valence-corrected chi connectivity index (χ3v) is 6.73. The van der Waals surface area contributed by atoms with Crippen LogP contribution in [0.25, 0.3) is 0 Å². The molecule has 2 fully saturated rings. The van der Waals surface area contributed by atoms with Gasteiger partial charge in [-0.1, -0.05) is 12.1 Å². The minimum Gasteiger partial charge on any atom is -0.377 e. The van der Waals surface area contributed by atoms with E-state index in [0.717, 1.165) is 57.7 Å². The molecule has 0 radical (unpaired) electrons. The molecule has 4 nitrogen and oxygen atoms in total. The van der Waals surface area contributed by atoms with E-state index in [-0.39, 0.29) is 5.60 Å². The Morgan fingerprint density at radius 2 is 2.19 bits per heavy atom. The topological polar surface area (TPSA) is 34.6 Å². The second-order valence-corrected chi connectivity index (χ2v) is 8.49. The van der Waals surface area contributed by atoms with Crippen molar-refractivity contribution in [3.8, 4) is 0 Å². The maximum Gasteiger partial charge on any atom is 0.0736 e. The molecule has 2 aliphatic heterocycles. The molecule has 0 aromatic carbocycles. The van der Waals surface area contributed by atoms with Gasteiger partial charge in [0.05, 0.1) is 12.2 Å². The fourth-order valence-corrected chi connectivity index (χ4v) is 5.10. The summed E-state index contributed by atoms with van der Waals surface area (Å²) < 4.78 is 12.2. The van der Waals surface area contributed by atoms with E-state index >= 15 is 0 Å². The second kappa shape index (κ2) is 8.61. The van der Waals surface area contributed by atoms with E-state index in [1.165, 1.54) is 11.3 Å². The highest BCUT2D eigenvalue weighted by atomic mass is 32.1. The quantitative estimate of drug-likeness (QED) is 0.685. The first-order chi connectivity index (χ1) is 12.8. The zero-order chi connectivity index (χ0) is 17.7. The van der Waals surface area contributed by atoms with Gasteiger partial charge in [-0.25, -0.2) is 0 Å². The van der Waals surface area contributed by atoms with E-state index in [0.29, 0.717) is 12.5 Å². The summed E-state index contributed by atoms with van der Waals surface area (Å²) in [5.74, 6) is 0.639. The summed E-state index contributed by atoms with van der Waals surface area (Å²) in [5.41, 5.74) is 1.25. The Labute approximate surface area is 160 Å². The summed E-state index contributed by atoms with van der Waals surface area (Å²) in [6.45, 7) is 5.76. The van der Waals surface area contributed by atoms with Crippen LogP contribution in [0.5, 0.6) is 0 Å². The molecule has 0 unspecified atom stereocenters. The number of pyridine rings is 1. The van der Waals surface area contributed by atoms with Crippen molar-refractivity contribution in [2.24, 2.45) is 5.92 Å². The van der Waals surface area contributed by atoms with E-state index in [1.807, 2.05) is 23.6 Å². The summed E-state index contributed by atoms with van der Waals surface area (Å²) in [5, 5.41) is 2.17. The van der Waals surface area contributed by atoms with Crippen LogP contribution >= 0.6 is 11.3 Å². The Bertz CT molecular complexity index is 654. The van der Waals surface area contributed by atoms with Crippen molar-refractivity contribution in [1.29, 1.82) is 0 Å². The summed E-state index contributed by atoms with van der Waals surface area (Å²) in [6.07, 6.45) is 8.28. The molecule has 1 spiro atoms. The molecule has 5 heteroatoms. The number of aromatic nitrogens is 1. The SMILES string of the molecule is c1cncc(COCC[C@H]2CCOC23CCN(Cc2cccs2)CC3)c1. The van der Waals surface area contributed by atoms with E-state index in [2.05, 4.69) is 33.5 Å². The van der Waals surface area contributed by atoms with Gasteiger partial charge in [0.15, 0.2) is 0 Å². The highest BCUT2D eigenvalue weighted by Gasteiger charge is 2.45. The van der Waals surface area contributed by atoms with Gasteiger partial charge in [-0.05, 0) is 54.7 Å². The molecule has 1 atom stereocenters. The van der Waals surface area contributed by atoms with Crippen molar-refractivity contribution in [1.82, 2.24) is 9.88 Å². The van der Waals surface area contributed by atoms with Gasteiger partial charge in [0.1, 0.15) is 0 Å². The first kappa shape index (κ1) is 18.1. The molecule has 4 rings (SSSR count). The molecule has 2 aliphatic rings. The molecular weight excluding hydrogens is 344 g/mol. The lowest BCUT2D eigenvalue weighted by atomic mass is 9.78. The summed E-state index contributed by atoms with van der Waals surface area (Å²) in [7, 11) is 0. The first-order valence-corrected chi connectivity index (χ1v) is 10.6. The molecule has 2 aromatic rings. The molecule has 2 saturated heterocycles. The van der Waals surface area contributed by atoms with Crippen LogP contribution in [-0.2, 0) is 22.6 Å². The smallest absolute Gasteiger partial charge is 0.0736 e. The van der Waals surface area contributed by atoms with Gasteiger partial charge in [0.2, 0.25) is 0 Å². The van der Waals surface area contributed by atoms with Crippen molar-refractivity contribution in [2.75, 3.05) is 26.3 Å². The van der Waals surface area contributed by atoms with Crippen molar-refractivity contribution in [3.05, 3.63) is 52.5 Å². The number of nitrogens with zero attached hydrogens (tertiary/aromatic N) is 2. The minimum atomic E-state index is 0.101. The summed E-state index contributed by atoms with van der Waals surface area (Å²) in [6, 6.07) is 8.41. The van der Waals surface area contributed by atoms with E-state index in [4.69, 9.17) is 9.47 Å². The maximum atomic E-state index is 6.30. The number of thiophene rings is 1. The Morgan fingerprint density at radius 1 is 1.27 bits per heavy atom. The van der Waals surface area contributed by atoms with Crippen LogP contribution in [0.15, 0.2) is 42.0 Å². The maximum absolute atomic E-state index is 6.30. The fraction of sp³-hybridized carbons (Fsp3) is 0.571. The van der Waals surface area contributed by atoms with Crippen LogP contribution in [0.1, 0.15) is 36.1 Å². The number of rotatable bonds is 7. The minimum absolute atomic E-state index is 0.101. The molecule has 0 amide bonds. The lowest BCUT2D eigenvalue weighted by Crippen LogP contribution is -2.47. The van der Waals surface area contributed by atoms with Gasteiger partial charge in [0, 0.05) is 50.1 Å². The van der Waals surface area contributed by atoms with Crippen LogP contribution in [0.2, 0.25) is 0 Å². The fourth-order valence-electron chi connectivity index (χ4n) is 4.36. The van der Waals surface area contributed by atoms with Gasteiger partial charge in [0.25, 0.3) is 0 Å². The predicted molar refractivity (Wildman–Crippen MR) is 104 cm³/mol. The number of likely N-dealkylation sites (tertiary alicyclic amines) is 1. The van der Waals surface area contributed by atoms with Crippen LogP contribution in [0.3, 0.4) is 0 Å². The first-order valence-electron chi connectivity index (χ1n) is 9.69. The standard InChI is InChI=1S/C21H28N2O2S/c1-3-18(15-22-9-1)17-24-12-5-19-6-13-25-21(19)7-10-23(11-8-21)16-20-4-2-14-26-20/h1-4,9,14-15,19H,5-8,10-13,16-17H2/t19-/m0/s1. The second-order valence-electron chi connectivity index (χ2n) is 7.46. The van der Waals surface area contributed by atoms with Crippen LogP contribution in [-0.4, -0.2) is 41.8 Å². The monoisotopic (exact) mass is 372 g/mol. The van der Waals surface area contributed by atoms with Crippen molar-refractivity contribution in [3.63, 3.8) is 0 Å². The summed E-state index contributed by atoms with van der Waals surface area (Å²) in [4.78, 5) is 8.18. The van der Waals surface area contributed by atoms with Crippen LogP contribution < -0.4 is 0 Å². The van der Waals surface area contributed by atoms with E-state index in [1.54, 1.807) is 6.20 Å². The highest BCUT2D eigenvalue weighted by Crippen LogP contribution is 2.42. The Morgan fingerprint density at radius 3 is 2.96 bits per heavy atom. The molecule has 4 heterocycles. The third-order valence-electron chi connectivity index (χ3n) is 5.86. The molecule has 0 aliphatic carbocycles. The lowest BCUT2D eigenvalue weighted by molar-refractivity contribution is -0.0732. The number of ether oxygens (including phenoxy) is 2. The normalized spacial score (nSPS) is 22.8. The van der Waals surface area contributed by atoms with Gasteiger partial charge < -0.3 is 9.47 Å². The molecule has 0 N–H and O–H groups in total. The van der Waals surface area contributed by atoms with E-state index < -0.39 is 0 Å². The molecule has 0 saturated carbocycles. The average molecular weight is 373 g/mol. The largest absolute Gasteiger partial charge is 0.377 e. The van der Waals surface area contributed by atoms with Gasteiger partial charge in [-0.2, -0.15) is 0 Å². The summed E-state index contributed by atoms with van der Waals surface area (Å²) >= 11 is 1.86. The molecule has 26 heavy (non-hydrogen) atoms. The molecular formula is C21H28N2O2S. The van der Waals surface area contributed by atoms with Crippen LogP contribution in [0.4, 0.5) is 0 Å². The van der Waals surface area contributed by atoms with Gasteiger partial charge in [-0.3, -0.25) is 9.88 Å². The number of hydrogen-bond acceptors (Lipinski definition) is 5. The Kier molecular flexibility index (Phi) is 6.00. The van der Waals surface area contributed by atoms with Crippen molar-refractivity contribution < 1.29 is 9.47 Å². The highest BCUT2D eigenvalue weighted by molar-refractivity contribution is 7.09. The third kappa shape index (κ3) is 4.34. The van der Waals surface area contributed by atoms with Gasteiger partial charge in [-0.15, -0.1) is 11.3 Å². The molecule has 140 valence electrons. The predicted octanol–water partition coefficient (Wildman–Crippen LogP) is 4.12. The Hall–Kier alpha value is -1.27. The zero-order valence-electron chi connectivity index (χ0n) is 15.3. The van der Waals surface area contributed by atoms with Crippen molar-refractivity contribution >= 4 is 11.3 Å².